The number of fused-ring (bicyclic) bond motifs is 2. The van der Waals surface area contributed by atoms with Crippen LogP contribution in [0.15, 0.2) is 47.3 Å². The van der Waals surface area contributed by atoms with Crippen LogP contribution in [-0.4, -0.2) is 21.8 Å². The van der Waals surface area contributed by atoms with E-state index in [1.807, 2.05) is 47.0 Å². The van der Waals surface area contributed by atoms with Crippen LogP contribution < -0.4 is 20.9 Å². The summed E-state index contributed by atoms with van der Waals surface area (Å²) in [7, 11) is 1.62. The number of rotatable bonds is 3. The summed E-state index contributed by atoms with van der Waals surface area (Å²) in [6.07, 6.45) is 4.10. The monoisotopic (exact) mass is 394 g/mol. The second kappa shape index (κ2) is 7.98. The number of thiocarbonyl (C=S) groups is 1. The van der Waals surface area contributed by atoms with Crippen molar-refractivity contribution in [3.63, 3.8) is 0 Å². The fourth-order valence-corrected chi connectivity index (χ4v) is 3.73. The molecule has 0 radical (unpaired) electrons. The number of ether oxygens (including phenoxy) is 1. The lowest BCUT2D eigenvalue weighted by atomic mass is 10.2. The molecule has 0 saturated carbocycles. The number of benzene rings is 2. The Morgan fingerprint density at radius 2 is 1.93 bits per heavy atom. The number of aromatic nitrogens is 2. The van der Waals surface area contributed by atoms with Gasteiger partial charge in [-0.05, 0) is 55.4 Å². The summed E-state index contributed by atoms with van der Waals surface area (Å²) in [5, 5.41) is 7.32. The zero-order valence-electron chi connectivity index (χ0n) is 15.7. The largest absolute Gasteiger partial charge is 0.497 e. The van der Waals surface area contributed by atoms with Gasteiger partial charge in [-0.2, -0.15) is 0 Å². The van der Waals surface area contributed by atoms with Gasteiger partial charge < -0.3 is 15.4 Å². The van der Waals surface area contributed by atoms with Crippen molar-refractivity contribution in [2.75, 3.05) is 17.7 Å². The molecular formula is C21H22N4O2S. The minimum Gasteiger partial charge on any atom is -0.497 e. The van der Waals surface area contributed by atoms with E-state index in [0.29, 0.717) is 10.5 Å². The molecular weight excluding hydrogens is 372 g/mol. The molecule has 0 spiro atoms. The third-order valence-corrected chi connectivity index (χ3v) is 5.10. The van der Waals surface area contributed by atoms with Crippen LogP contribution in [0, 0.1) is 0 Å². The molecule has 1 aromatic heterocycles. The second-order valence-electron chi connectivity index (χ2n) is 6.84. The van der Waals surface area contributed by atoms with E-state index in [9.17, 15) is 4.79 Å². The molecule has 0 atom stereocenters. The first kappa shape index (κ1) is 18.4. The van der Waals surface area contributed by atoms with Crippen molar-refractivity contribution in [2.45, 2.75) is 32.2 Å². The summed E-state index contributed by atoms with van der Waals surface area (Å²) in [6.45, 7) is 0.741. The molecule has 2 N–H and O–H groups in total. The van der Waals surface area contributed by atoms with Crippen LogP contribution in [0.3, 0.4) is 0 Å². The predicted octanol–water partition coefficient (Wildman–Crippen LogP) is 3.94. The van der Waals surface area contributed by atoms with Gasteiger partial charge >= 0.3 is 0 Å². The van der Waals surface area contributed by atoms with Gasteiger partial charge in [0.15, 0.2) is 5.11 Å². The lowest BCUT2D eigenvalue weighted by molar-refractivity contribution is 0.415. The molecule has 0 unspecified atom stereocenters. The molecule has 0 bridgehead atoms. The van der Waals surface area contributed by atoms with Gasteiger partial charge in [0.1, 0.15) is 11.6 Å². The maximum Gasteiger partial charge on any atom is 0.261 e. The minimum absolute atomic E-state index is 0.0252. The fourth-order valence-electron chi connectivity index (χ4n) is 3.49. The topological polar surface area (TPSA) is 68.2 Å². The Labute approximate surface area is 168 Å². The predicted molar refractivity (Wildman–Crippen MR) is 116 cm³/mol. The van der Waals surface area contributed by atoms with Crippen LogP contribution in [0.4, 0.5) is 11.4 Å². The third kappa shape index (κ3) is 3.84. The van der Waals surface area contributed by atoms with E-state index < -0.39 is 0 Å². The molecule has 0 fully saturated rings. The summed E-state index contributed by atoms with van der Waals surface area (Å²) < 4.78 is 7.05. The summed E-state index contributed by atoms with van der Waals surface area (Å²) in [5.41, 5.74) is 2.33. The van der Waals surface area contributed by atoms with Crippen LogP contribution in [0.1, 0.15) is 25.1 Å². The summed E-state index contributed by atoms with van der Waals surface area (Å²) in [5.74, 6) is 1.64. The Hall–Kier alpha value is -2.93. The van der Waals surface area contributed by atoms with Crippen molar-refractivity contribution in [3.05, 3.63) is 58.6 Å². The molecule has 7 heteroatoms. The van der Waals surface area contributed by atoms with E-state index in [1.165, 1.54) is 0 Å². The molecule has 1 aliphatic heterocycles. The smallest absolute Gasteiger partial charge is 0.261 e. The number of methoxy groups -OCH3 is 1. The first-order chi connectivity index (χ1) is 13.6. The van der Waals surface area contributed by atoms with Gasteiger partial charge in [-0.3, -0.25) is 9.36 Å². The molecule has 2 heterocycles. The lowest BCUT2D eigenvalue weighted by Gasteiger charge is -2.13. The summed E-state index contributed by atoms with van der Waals surface area (Å²) in [4.78, 5) is 17.7. The molecule has 2 aromatic carbocycles. The Bertz CT molecular complexity index is 1090. The number of aryl methyl sites for hydroxylation is 1. The first-order valence-corrected chi connectivity index (χ1v) is 9.80. The van der Waals surface area contributed by atoms with E-state index in [0.717, 1.165) is 60.7 Å². The Morgan fingerprint density at radius 1 is 1.11 bits per heavy atom. The second-order valence-corrected chi connectivity index (χ2v) is 7.25. The Kier molecular flexibility index (Phi) is 5.25. The number of hydrogen-bond donors (Lipinski definition) is 2. The van der Waals surface area contributed by atoms with Crippen LogP contribution in [0.5, 0.6) is 5.75 Å². The molecule has 0 aliphatic carbocycles. The van der Waals surface area contributed by atoms with Crippen molar-refractivity contribution < 1.29 is 4.74 Å². The molecule has 1 aliphatic rings. The highest BCUT2D eigenvalue weighted by Gasteiger charge is 2.14. The SMILES string of the molecule is COc1cccc(NC(=S)Nc2ccc3nc4n(c(=O)c3c2)CCCCC4)c1. The molecule has 144 valence electrons. The summed E-state index contributed by atoms with van der Waals surface area (Å²) >= 11 is 5.41. The number of anilines is 2. The zero-order chi connectivity index (χ0) is 19.5. The summed E-state index contributed by atoms with van der Waals surface area (Å²) in [6, 6.07) is 13.1. The van der Waals surface area contributed by atoms with Crippen molar-refractivity contribution in [1.82, 2.24) is 9.55 Å². The van der Waals surface area contributed by atoms with Gasteiger partial charge in [0.2, 0.25) is 0 Å². The standard InChI is InChI=1S/C21H22N4O2S/c1-27-16-7-5-6-14(12-16)22-21(28)23-15-9-10-18-17(13-15)20(26)25-11-4-2-3-8-19(25)24-18/h5-7,9-10,12-13H,2-4,8,11H2,1H3,(H2,22,23,28). The van der Waals surface area contributed by atoms with Crippen molar-refractivity contribution in [2.24, 2.45) is 0 Å². The molecule has 0 amide bonds. The Morgan fingerprint density at radius 3 is 2.75 bits per heavy atom. The van der Waals surface area contributed by atoms with Gasteiger partial charge in [0.05, 0.1) is 18.0 Å². The zero-order valence-corrected chi connectivity index (χ0v) is 16.5. The van der Waals surface area contributed by atoms with E-state index in [1.54, 1.807) is 7.11 Å². The number of hydrogen-bond acceptors (Lipinski definition) is 4. The lowest BCUT2D eigenvalue weighted by Crippen LogP contribution is -2.25. The number of nitrogens with one attached hydrogen (secondary N) is 2. The average molecular weight is 395 g/mol. The van der Waals surface area contributed by atoms with Gasteiger partial charge in [0, 0.05) is 30.4 Å². The van der Waals surface area contributed by atoms with Gasteiger partial charge in [-0.15, -0.1) is 0 Å². The Balaban J connectivity index is 1.58. The van der Waals surface area contributed by atoms with E-state index >= 15 is 0 Å². The highest BCUT2D eigenvalue weighted by Crippen LogP contribution is 2.20. The highest BCUT2D eigenvalue weighted by molar-refractivity contribution is 7.80. The van der Waals surface area contributed by atoms with Crippen molar-refractivity contribution in [1.29, 1.82) is 0 Å². The average Bonchev–Trinajstić information content (AvgIpc) is 2.94. The molecule has 4 rings (SSSR count). The maximum absolute atomic E-state index is 13.0. The molecule has 0 saturated heterocycles. The maximum atomic E-state index is 13.0. The molecule has 28 heavy (non-hydrogen) atoms. The van der Waals surface area contributed by atoms with E-state index in [2.05, 4.69) is 10.6 Å². The van der Waals surface area contributed by atoms with Gasteiger partial charge in [-0.25, -0.2) is 4.98 Å². The van der Waals surface area contributed by atoms with E-state index in [-0.39, 0.29) is 5.56 Å². The molecule has 6 nitrogen and oxygen atoms in total. The third-order valence-electron chi connectivity index (χ3n) is 4.90. The van der Waals surface area contributed by atoms with Crippen molar-refractivity contribution in [3.8, 4) is 5.75 Å². The van der Waals surface area contributed by atoms with Crippen LogP contribution >= 0.6 is 12.2 Å². The highest BCUT2D eigenvalue weighted by atomic mass is 32.1. The van der Waals surface area contributed by atoms with Crippen LogP contribution in [0.2, 0.25) is 0 Å². The fraction of sp³-hybridized carbons (Fsp3) is 0.286. The first-order valence-electron chi connectivity index (χ1n) is 9.39. The van der Waals surface area contributed by atoms with Crippen LogP contribution in [0.25, 0.3) is 10.9 Å². The van der Waals surface area contributed by atoms with E-state index in [4.69, 9.17) is 21.9 Å². The normalized spacial score (nSPS) is 13.5. The van der Waals surface area contributed by atoms with Crippen LogP contribution in [-0.2, 0) is 13.0 Å². The van der Waals surface area contributed by atoms with Gasteiger partial charge in [0.25, 0.3) is 5.56 Å². The number of nitrogens with zero attached hydrogens (tertiary/aromatic N) is 2. The van der Waals surface area contributed by atoms with Gasteiger partial charge in [-0.1, -0.05) is 12.5 Å². The van der Waals surface area contributed by atoms with Crippen molar-refractivity contribution >= 4 is 39.6 Å². The minimum atomic E-state index is 0.0252. The quantitative estimate of drug-likeness (QED) is 0.656. The molecule has 3 aromatic rings.